The number of likely N-dealkylation sites (tertiary alicyclic amines) is 1. The van der Waals surface area contributed by atoms with Gasteiger partial charge in [-0.3, -0.25) is 9.59 Å². The van der Waals surface area contributed by atoms with Gasteiger partial charge in [-0.2, -0.15) is 0 Å². The van der Waals surface area contributed by atoms with Crippen molar-refractivity contribution in [1.29, 1.82) is 0 Å². The minimum absolute atomic E-state index is 0.0881. The second kappa shape index (κ2) is 8.03. The molecular weight excluding hydrogens is 347 g/mol. The molecule has 5 nitrogen and oxygen atoms in total. The molecule has 3 unspecified atom stereocenters. The number of aryl methyl sites for hydroxylation is 2. The van der Waals surface area contributed by atoms with Gasteiger partial charge in [-0.25, -0.2) is 4.39 Å². The topological polar surface area (TPSA) is 62.6 Å². The summed E-state index contributed by atoms with van der Waals surface area (Å²) in [5.41, 5.74) is 1.40. The number of hydrogen-bond acceptors (Lipinski definition) is 3. The molecule has 2 amide bonds. The average molecular weight is 378 g/mol. The molecule has 3 rings (SSSR count). The summed E-state index contributed by atoms with van der Waals surface area (Å²) in [6.45, 7) is 8.32. The van der Waals surface area contributed by atoms with Crippen LogP contribution in [0.25, 0.3) is 0 Å². The fraction of sp³-hybridized carbons (Fsp3) is 0.714. The molecule has 0 bridgehead atoms. The van der Waals surface area contributed by atoms with Crippen molar-refractivity contribution in [2.24, 2.45) is 11.8 Å². The second-order valence-electron chi connectivity index (χ2n) is 8.37. The molecule has 2 heterocycles. The molecule has 150 valence electrons. The van der Waals surface area contributed by atoms with Crippen LogP contribution in [-0.4, -0.2) is 42.0 Å². The van der Waals surface area contributed by atoms with E-state index in [0.717, 1.165) is 37.0 Å². The number of rotatable bonds is 5. The van der Waals surface area contributed by atoms with Crippen molar-refractivity contribution < 1.29 is 18.4 Å². The summed E-state index contributed by atoms with van der Waals surface area (Å²) >= 11 is 0. The smallest absolute Gasteiger partial charge is 0.257 e. The first-order valence-corrected chi connectivity index (χ1v) is 10.1. The van der Waals surface area contributed by atoms with Crippen LogP contribution in [0.4, 0.5) is 4.39 Å². The van der Waals surface area contributed by atoms with Gasteiger partial charge >= 0.3 is 0 Å². The summed E-state index contributed by atoms with van der Waals surface area (Å²) in [6, 6.07) is -0.172. The van der Waals surface area contributed by atoms with E-state index in [9.17, 15) is 14.0 Å². The van der Waals surface area contributed by atoms with E-state index in [4.69, 9.17) is 4.42 Å². The Kier molecular flexibility index (Phi) is 5.92. The molecule has 1 aliphatic carbocycles. The Labute approximate surface area is 160 Å². The van der Waals surface area contributed by atoms with Crippen molar-refractivity contribution in [2.75, 3.05) is 13.1 Å². The highest BCUT2D eigenvalue weighted by Gasteiger charge is 2.37. The van der Waals surface area contributed by atoms with E-state index in [0.29, 0.717) is 36.8 Å². The number of halogens is 1. The Hall–Kier alpha value is -1.85. The molecule has 2 fully saturated rings. The molecule has 0 radical (unpaired) electrons. The van der Waals surface area contributed by atoms with E-state index in [1.165, 1.54) is 0 Å². The number of hydrogen-bond donors (Lipinski definition) is 1. The van der Waals surface area contributed by atoms with Crippen LogP contribution in [0.3, 0.4) is 0 Å². The molecule has 1 aliphatic heterocycles. The first-order chi connectivity index (χ1) is 12.8. The molecule has 1 N–H and O–H groups in total. The van der Waals surface area contributed by atoms with Crippen molar-refractivity contribution in [2.45, 2.75) is 72.0 Å². The Morgan fingerprint density at radius 3 is 2.44 bits per heavy atom. The normalized spacial score (nSPS) is 24.4. The molecule has 3 atom stereocenters. The molecule has 0 aromatic carbocycles. The third-order valence-electron chi connectivity index (χ3n) is 6.31. The quantitative estimate of drug-likeness (QED) is 0.850. The Morgan fingerprint density at radius 2 is 1.85 bits per heavy atom. The van der Waals surface area contributed by atoms with Crippen molar-refractivity contribution >= 4 is 11.8 Å². The van der Waals surface area contributed by atoms with E-state index in [2.05, 4.69) is 5.32 Å². The van der Waals surface area contributed by atoms with Gasteiger partial charge in [0, 0.05) is 18.7 Å². The zero-order chi connectivity index (χ0) is 19.7. The van der Waals surface area contributed by atoms with Crippen LogP contribution in [-0.2, 0) is 4.79 Å². The van der Waals surface area contributed by atoms with Gasteiger partial charge < -0.3 is 14.6 Å². The van der Waals surface area contributed by atoms with E-state index in [1.807, 2.05) is 20.8 Å². The van der Waals surface area contributed by atoms with Crippen LogP contribution in [0, 0.1) is 32.6 Å². The number of carbonyl (C=O) groups excluding carboxylic acids is 2. The maximum atomic E-state index is 14.5. The molecule has 2 aliphatic rings. The van der Waals surface area contributed by atoms with Gasteiger partial charge in [0.1, 0.15) is 11.5 Å². The molecule has 27 heavy (non-hydrogen) atoms. The van der Waals surface area contributed by atoms with Crippen LogP contribution < -0.4 is 5.32 Å². The molecular formula is C21H31FN2O3. The summed E-state index contributed by atoms with van der Waals surface area (Å²) < 4.78 is 20.0. The molecule has 1 saturated carbocycles. The monoisotopic (exact) mass is 378 g/mol. The predicted octanol–water partition coefficient (Wildman–Crippen LogP) is 3.70. The Balaban J connectivity index is 1.58. The number of nitrogens with one attached hydrogen (secondary N) is 1. The largest absolute Gasteiger partial charge is 0.466 e. The third kappa shape index (κ3) is 4.19. The number of nitrogens with zero attached hydrogens (tertiary/aromatic N) is 1. The lowest BCUT2D eigenvalue weighted by molar-refractivity contribution is -0.136. The maximum Gasteiger partial charge on any atom is 0.257 e. The molecule has 1 aromatic heterocycles. The molecule has 6 heteroatoms. The van der Waals surface area contributed by atoms with Gasteiger partial charge in [-0.15, -0.1) is 0 Å². The number of alkyl halides is 1. The molecule has 0 spiro atoms. The average Bonchev–Trinajstić information content (AvgIpc) is 3.29. The predicted molar refractivity (Wildman–Crippen MR) is 101 cm³/mol. The SMILES string of the molecule is Cc1oc(C)c(C(=O)NC2CN(C(=O)C(F)CC3CCCC3)CC2C)c1C. The highest BCUT2D eigenvalue weighted by Crippen LogP contribution is 2.30. The Morgan fingerprint density at radius 1 is 1.19 bits per heavy atom. The van der Waals surface area contributed by atoms with Crippen molar-refractivity contribution in [3.63, 3.8) is 0 Å². The van der Waals surface area contributed by atoms with Crippen LogP contribution in [0.2, 0.25) is 0 Å². The summed E-state index contributed by atoms with van der Waals surface area (Å²) in [5.74, 6) is 1.16. The van der Waals surface area contributed by atoms with E-state index >= 15 is 0 Å². The zero-order valence-corrected chi connectivity index (χ0v) is 16.8. The molecule has 1 aromatic rings. The van der Waals surface area contributed by atoms with Crippen LogP contribution >= 0.6 is 0 Å². The van der Waals surface area contributed by atoms with Crippen molar-refractivity contribution in [3.05, 3.63) is 22.6 Å². The standard InChI is InChI=1S/C21H31FN2O3/c1-12-10-24(21(26)17(22)9-16-7-5-6-8-16)11-18(12)23-20(25)19-13(2)14(3)27-15(19)4/h12,16-18H,5-11H2,1-4H3,(H,23,25). The van der Waals surface area contributed by atoms with Crippen molar-refractivity contribution in [3.8, 4) is 0 Å². The van der Waals surface area contributed by atoms with Gasteiger partial charge in [0.05, 0.1) is 11.6 Å². The lowest BCUT2D eigenvalue weighted by atomic mass is 10.0. The van der Waals surface area contributed by atoms with E-state index in [1.54, 1.807) is 11.8 Å². The van der Waals surface area contributed by atoms with Gasteiger partial charge in [0.25, 0.3) is 11.8 Å². The van der Waals surface area contributed by atoms with Gasteiger partial charge in [-0.1, -0.05) is 32.6 Å². The van der Waals surface area contributed by atoms with Crippen molar-refractivity contribution in [1.82, 2.24) is 10.2 Å². The fourth-order valence-corrected chi connectivity index (χ4v) is 4.54. The van der Waals surface area contributed by atoms with Crippen LogP contribution in [0.15, 0.2) is 4.42 Å². The third-order valence-corrected chi connectivity index (χ3v) is 6.31. The van der Waals surface area contributed by atoms with Crippen LogP contribution in [0.5, 0.6) is 0 Å². The lowest BCUT2D eigenvalue weighted by Crippen LogP contribution is -2.42. The molecule has 1 saturated heterocycles. The first-order valence-electron chi connectivity index (χ1n) is 10.1. The van der Waals surface area contributed by atoms with Gasteiger partial charge in [0.15, 0.2) is 6.17 Å². The highest BCUT2D eigenvalue weighted by atomic mass is 19.1. The van der Waals surface area contributed by atoms with Gasteiger partial charge in [-0.05, 0) is 39.0 Å². The minimum Gasteiger partial charge on any atom is -0.466 e. The van der Waals surface area contributed by atoms with E-state index in [-0.39, 0.29) is 17.9 Å². The second-order valence-corrected chi connectivity index (χ2v) is 8.37. The summed E-state index contributed by atoms with van der Waals surface area (Å²) in [6.07, 6.45) is 3.28. The van der Waals surface area contributed by atoms with Gasteiger partial charge in [0.2, 0.25) is 0 Å². The zero-order valence-electron chi connectivity index (χ0n) is 16.8. The fourth-order valence-electron chi connectivity index (χ4n) is 4.54. The van der Waals surface area contributed by atoms with Crippen LogP contribution in [0.1, 0.15) is 66.5 Å². The minimum atomic E-state index is -1.42. The summed E-state index contributed by atoms with van der Waals surface area (Å²) in [4.78, 5) is 26.8. The Bertz CT molecular complexity index is 709. The lowest BCUT2D eigenvalue weighted by Gasteiger charge is -2.21. The number of furan rings is 1. The first kappa shape index (κ1) is 19.9. The summed E-state index contributed by atoms with van der Waals surface area (Å²) in [5, 5.41) is 3.02. The van der Waals surface area contributed by atoms with E-state index < -0.39 is 12.1 Å². The highest BCUT2D eigenvalue weighted by molar-refractivity contribution is 5.97. The number of carbonyl (C=O) groups is 2. The maximum absolute atomic E-state index is 14.5. The number of amides is 2. The summed E-state index contributed by atoms with van der Waals surface area (Å²) in [7, 11) is 0.